The summed E-state index contributed by atoms with van der Waals surface area (Å²) in [4.78, 5) is 4.91. The van der Waals surface area contributed by atoms with Gasteiger partial charge in [0.15, 0.2) is 0 Å². The van der Waals surface area contributed by atoms with E-state index in [1.165, 1.54) is 54.6 Å². The lowest BCUT2D eigenvalue weighted by atomic mass is 9.84. The maximum absolute atomic E-state index is 6.33. The third-order valence-corrected chi connectivity index (χ3v) is 9.92. The van der Waals surface area contributed by atoms with Crippen molar-refractivity contribution < 1.29 is 4.42 Å². The largest absolute Gasteiger partial charge is 0.456 e. The van der Waals surface area contributed by atoms with Crippen LogP contribution in [0.1, 0.15) is 12.7 Å². The minimum Gasteiger partial charge on any atom is -0.456 e. The molecule has 0 N–H and O–H groups in total. The summed E-state index contributed by atoms with van der Waals surface area (Å²) < 4.78 is 8.63. The number of fused-ring (bicyclic) bond motifs is 7. The Bertz CT molecular complexity index is 2830. The fraction of sp³-hybridized carbons (Fsp3) is 0.0444. The van der Waals surface area contributed by atoms with Crippen molar-refractivity contribution >= 4 is 65.3 Å². The Labute approximate surface area is 277 Å². The van der Waals surface area contributed by atoms with Gasteiger partial charge in [-0.3, -0.25) is 4.57 Å². The molecule has 10 rings (SSSR count). The van der Waals surface area contributed by atoms with Crippen LogP contribution in [0.25, 0.3) is 93.2 Å². The maximum atomic E-state index is 6.33. The minimum absolute atomic E-state index is 0.868. The smallest absolute Gasteiger partial charge is 0.136 e. The molecule has 0 aliphatic rings. The second kappa shape index (κ2) is 10.4. The molecule has 3 heteroatoms. The molecule has 0 atom stereocenters. The van der Waals surface area contributed by atoms with Crippen LogP contribution >= 0.6 is 0 Å². The summed E-state index contributed by atoms with van der Waals surface area (Å²) in [6, 6.07) is 54.6. The fourth-order valence-electron chi connectivity index (χ4n) is 7.84. The third kappa shape index (κ3) is 3.91. The molecule has 48 heavy (non-hydrogen) atoms. The fourth-order valence-corrected chi connectivity index (χ4v) is 7.84. The first-order valence-corrected chi connectivity index (χ1v) is 16.6. The Hall–Kier alpha value is -6.19. The van der Waals surface area contributed by atoms with E-state index in [0.29, 0.717) is 0 Å². The summed E-state index contributed by atoms with van der Waals surface area (Å²) in [6.07, 6.45) is 0.868. The van der Waals surface area contributed by atoms with E-state index in [4.69, 9.17) is 9.40 Å². The predicted octanol–water partition coefficient (Wildman–Crippen LogP) is 12.3. The molecule has 3 nitrogen and oxygen atoms in total. The lowest BCUT2D eigenvalue weighted by molar-refractivity contribution is 0.669. The highest BCUT2D eigenvalue weighted by molar-refractivity contribution is 6.25. The van der Waals surface area contributed by atoms with Gasteiger partial charge in [0.25, 0.3) is 0 Å². The Morgan fingerprint density at radius 1 is 0.542 bits per heavy atom. The van der Waals surface area contributed by atoms with Crippen molar-refractivity contribution in [2.75, 3.05) is 0 Å². The first kappa shape index (κ1) is 27.0. The Balaban J connectivity index is 1.21. The van der Waals surface area contributed by atoms with Crippen LogP contribution in [0.4, 0.5) is 0 Å². The van der Waals surface area contributed by atoms with Crippen LogP contribution in [0, 0.1) is 0 Å². The molecule has 0 radical (unpaired) electrons. The van der Waals surface area contributed by atoms with Gasteiger partial charge in [-0.25, -0.2) is 4.98 Å². The molecule has 0 bridgehead atoms. The minimum atomic E-state index is 0.868. The highest BCUT2D eigenvalue weighted by Crippen LogP contribution is 2.47. The monoisotopic (exact) mass is 614 g/mol. The van der Waals surface area contributed by atoms with E-state index in [0.717, 1.165) is 50.9 Å². The molecule has 0 spiro atoms. The van der Waals surface area contributed by atoms with E-state index in [1.807, 2.05) is 6.07 Å². The lowest BCUT2D eigenvalue weighted by Crippen LogP contribution is -2.00. The van der Waals surface area contributed by atoms with Crippen LogP contribution in [0.3, 0.4) is 0 Å². The van der Waals surface area contributed by atoms with Gasteiger partial charge in [-0.15, -0.1) is 0 Å². The SMILES string of the molecule is CCc1nc2ccccc2n1-c1ccc2cc(-c3c4ccccc4c(-c4cccc5oc6ccccc6c45)c4ccccc34)ccc2c1. The number of hydrogen-bond donors (Lipinski definition) is 0. The van der Waals surface area contributed by atoms with Crippen molar-refractivity contribution in [3.63, 3.8) is 0 Å². The van der Waals surface area contributed by atoms with Crippen molar-refractivity contribution in [1.29, 1.82) is 0 Å². The summed E-state index contributed by atoms with van der Waals surface area (Å²) >= 11 is 0. The van der Waals surface area contributed by atoms with E-state index < -0.39 is 0 Å². The second-order valence-corrected chi connectivity index (χ2v) is 12.6. The zero-order valence-corrected chi connectivity index (χ0v) is 26.4. The molecule has 0 saturated heterocycles. The molecule has 8 aromatic carbocycles. The molecule has 0 aliphatic carbocycles. The normalized spacial score (nSPS) is 11.9. The van der Waals surface area contributed by atoms with Crippen molar-refractivity contribution in [2.45, 2.75) is 13.3 Å². The first-order valence-electron chi connectivity index (χ1n) is 16.6. The van der Waals surface area contributed by atoms with Gasteiger partial charge < -0.3 is 4.42 Å². The molecule has 226 valence electrons. The maximum Gasteiger partial charge on any atom is 0.136 e. The van der Waals surface area contributed by atoms with Gasteiger partial charge >= 0.3 is 0 Å². The van der Waals surface area contributed by atoms with Gasteiger partial charge in [0.05, 0.1) is 11.0 Å². The number of aromatic nitrogens is 2. The highest BCUT2D eigenvalue weighted by Gasteiger charge is 2.20. The number of rotatable bonds is 4. The van der Waals surface area contributed by atoms with Crippen LogP contribution in [0.2, 0.25) is 0 Å². The molecule has 0 aliphatic heterocycles. The van der Waals surface area contributed by atoms with Gasteiger partial charge in [-0.2, -0.15) is 0 Å². The number of para-hydroxylation sites is 3. The topological polar surface area (TPSA) is 31.0 Å². The molecule has 0 saturated carbocycles. The molecule has 2 heterocycles. The van der Waals surface area contributed by atoms with Crippen LogP contribution in [0.15, 0.2) is 156 Å². The van der Waals surface area contributed by atoms with Crippen molar-refractivity contribution in [3.05, 3.63) is 157 Å². The number of benzene rings is 8. The van der Waals surface area contributed by atoms with E-state index >= 15 is 0 Å². The van der Waals surface area contributed by atoms with Gasteiger partial charge in [-0.1, -0.05) is 116 Å². The van der Waals surface area contributed by atoms with Gasteiger partial charge in [0.1, 0.15) is 17.0 Å². The molecular formula is C45H30N2O. The van der Waals surface area contributed by atoms with Gasteiger partial charge in [0, 0.05) is 22.9 Å². The van der Waals surface area contributed by atoms with Crippen molar-refractivity contribution in [1.82, 2.24) is 9.55 Å². The number of nitrogens with zero attached hydrogens (tertiary/aromatic N) is 2. The van der Waals surface area contributed by atoms with E-state index in [-0.39, 0.29) is 0 Å². The van der Waals surface area contributed by atoms with E-state index in [2.05, 4.69) is 157 Å². The first-order chi connectivity index (χ1) is 23.8. The molecule has 0 amide bonds. The summed E-state index contributed by atoms with van der Waals surface area (Å²) in [5.74, 6) is 1.07. The van der Waals surface area contributed by atoms with Gasteiger partial charge in [-0.05, 0) is 97.0 Å². The summed E-state index contributed by atoms with van der Waals surface area (Å²) in [5, 5.41) is 9.68. The standard InChI is InChI=1S/C45H30N2O/c1-2-42-46-38-18-8-9-19-39(38)47(42)31-25-24-28-26-30(23-22-29(28)27-31)43-32-12-3-5-14-34(32)44(35-15-6-4-13-33(35)43)37-17-11-21-41-45(37)36-16-7-10-20-40(36)48-41/h3-27H,2H2,1H3. The lowest BCUT2D eigenvalue weighted by Gasteiger charge is -2.18. The van der Waals surface area contributed by atoms with Crippen LogP contribution in [0.5, 0.6) is 0 Å². The summed E-state index contributed by atoms with van der Waals surface area (Å²) in [6.45, 7) is 2.17. The average molecular weight is 615 g/mol. The second-order valence-electron chi connectivity index (χ2n) is 12.6. The zero-order chi connectivity index (χ0) is 31.8. The molecule has 0 fully saturated rings. The number of aryl methyl sites for hydroxylation is 1. The average Bonchev–Trinajstić information content (AvgIpc) is 3.72. The molecular weight excluding hydrogens is 585 g/mol. The predicted molar refractivity (Wildman–Crippen MR) is 201 cm³/mol. The number of hydrogen-bond acceptors (Lipinski definition) is 2. The Kier molecular flexibility index (Phi) is 5.85. The summed E-state index contributed by atoms with van der Waals surface area (Å²) in [5.41, 5.74) is 10.0. The van der Waals surface area contributed by atoms with Crippen LogP contribution < -0.4 is 0 Å². The van der Waals surface area contributed by atoms with Crippen LogP contribution in [-0.4, -0.2) is 9.55 Å². The summed E-state index contributed by atoms with van der Waals surface area (Å²) in [7, 11) is 0. The Morgan fingerprint density at radius 2 is 1.17 bits per heavy atom. The highest BCUT2D eigenvalue weighted by atomic mass is 16.3. The number of imidazole rings is 1. The van der Waals surface area contributed by atoms with Crippen molar-refractivity contribution in [2.24, 2.45) is 0 Å². The number of furan rings is 1. The quantitative estimate of drug-likeness (QED) is 0.185. The zero-order valence-electron chi connectivity index (χ0n) is 26.4. The molecule has 10 aromatic rings. The van der Waals surface area contributed by atoms with Crippen molar-refractivity contribution in [3.8, 4) is 27.9 Å². The molecule has 0 unspecified atom stereocenters. The van der Waals surface area contributed by atoms with E-state index in [1.54, 1.807) is 0 Å². The van der Waals surface area contributed by atoms with E-state index in [9.17, 15) is 0 Å². The van der Waals surface area contributed by atoms with Gasteiger partial charge in [0.2, 0.25) is 0 Å². The molecule has 2 aromatic heterocycles. The third-order valence-electron chi connectivity index (χ3n) is 9.92. The Morgan fingerprint density at radius 3 is 1.94 bits per heavy atom. The van der Waals surface area contributed by atoms with Crippen LogP contribution in [-0.2, 0) is 6.42 Å².